The average Bonchev–Trinajstić information content (AvgIpc) is 2.98. The highest BCUT2D eigenvalue weighted by Crippen LogP contribution is 2.12. The van der Waals surface area contributed by atoms with Gasteiger partial charge in [-0.05, 0) is 0 Å². The van der Waals surface area contributed by atoms with Gasteiger partial charge in [0.15, 0.2) is 11.5 Å². The molecule has 0 aromatic carbocycles. The molecule has 0 radical (unpaired) electrons. The normalized spacial score (nSPS) is 13.3. The molecule has 126 valence electrons. The van der Waals surface area contributed by atoms with E-state index in [2.05, 4.69) is 15.7 Å². The summed E-state index contributed by atoms with van der Waals surface area (Å²) in [6.45, 7) is -0.323. The maximum Gasteiger partial charge on any atom is 0.286 e. The van der Waals surface area contributed by atoms with Gasteiger partial charge in [0.1, 0.15) is 12.4 Å². The highest BCUT2D eigenvalue weighted by molar-refractivity contribution is 6.04. The molecule has 2 aromatic heterocycles. The molecule has 10 heteroatoms. The number of fused-ring (bicyclic) bond motifs is 1. The van der Waals surface area contributed by atoms with Crippen LogP contribution in [0.25, 0.3) is 0 Å². The number of hydrogen-bond acceptors (Lipinski definition) is 4. The number of aryl methyl sites for hydroxylation is 1. The van der Waals surface area contributed by atoms with Crippen molar-refractivity contribution in [3.05, 3.63) is 45.9 Å². The van der Waals surface area contributed by atoms with E-state index in [4.69, 9.17) is 0 Å². The molecule has 0 aliphatic carbocycles. The van der Waals surface area contributed by atoms with E-state index < -0.39 is 24.0 Å². The summed E-state index contributed by atoms with van der Waals surface area (Å²) in [7, 11) is 0. The molecule has 2 aromatic rings. The van der Waals surface area contributed by atoms with Crippen LogP contribution in [0.4, 0.5) is 14.5 Å². The molecule has 0 spiro atoms. The van der Waals surface area contributed by atoms with Gasteiger partial charge < -0.3 is 15.2 Å². The second-order valence-corrected chi connectivity index (χ2v) is 5.11. The Balaban J connectivity index is 1.85. The van der Waals surface area contributed by atoms with Gasteiger partial charge in [0.25, 0.3) is 17.4 Å². The summed E-state index contributed by atoms with van der Waals surface area (Å²) in [4.78, 5) is 35.3. The van der Waals surface area contributed by atoms with Crippen molar-refractivity contribution in [1.29, 1.82) is 0 Å². The molecular formula is C14H13F2N5O3. The Morgan fingerprint density at radius 2 is 2.17 bits per heavy atom. The molecule has 0 saturated heterocycles. The summed E-state index contributed by atoms with van der Waals surface area (Å²) in [6.07, 6.45) is 1.14. The van der Waals surface area contributed by atoms with Gasteiger partial charge in [-0.1, -0.05) is 0 Å². The lowest BCUT2D eigenvalue weighted by Crippen LogP contribution is -2.35. The number of hydrogen-bond donors (Lipinski definition) is 2. The Bertz CT molecular complexity index is 874. The van der Waals surface area contributed by atoms with E-state index in [0.29, 0.717) is 13.1 Å². The molecule has 0 saturated carbocycles. The van der Waals surface area contributed by atoms with Crippen LogP contribution in [0.5, 0.6) is 0 Å². The minimum absolute atomic E-state index is 0.0130. The van der Waals surface area contributed by atoms with Crippen molar-refractivity contribution in [2.45, 2.75) is 13.1 Å². The highest BCUT2D eigenvalue weighted by Gasteiger charge is 2.22. The van der Waals surface area contributed by atoms with Gasteiger partial charge in [-0.2, -0.15) is 5.10 Å². The average molecular weight is 337 g/mol. The molecule has 0 bridgehead atoms. The van der Waals surface area contributed by atoms with Crippen molar-refractivity contribution in [3.8, 4) is 0 Å². The Kier molecular flexibility index (Phi) is 4.11. The number of pyridine rings is 1. The summed E-state index contributed by atoms with van der Waals surface area (Å²) in [5.74, 6) is -2.12. The third kappa shape index (κ3) is 2.90. The van der Waals surface area contributed by atoms with Gasteiger partial charge in [0, 0.05) is 24.9 Å². The number of anilines is 1. The van der Waals surface area contributed by atoms with Crippen molar-refractivity contribution in [1.82, 2.24) is 19.7 Å². The minimum atomic E-state index is -1.11. The van der Waals surface area contributed by atoms with Crippen LogP contribution in [0.2, 0.25) is 0 Å². The van der Waals surface area contributed by atoms with Gasteiger partial charge in [0.05, 0.1) is 18.8 Å². The van der Waals surface area contributed by atoms with Gasteiger partial charge in [-0.15, -0.1) is 0 Å². The maximum atomic E-state index is 13.6. The number of amides is 2. The Hall–Kier alpha value is -3.04. The molecule has 2 amide bonds. The molecular weight excluding hydrogens is 324 g/mol. The van der Waals surface area contributed by atoms with E-state index in [9.17, 15) is 23.2 Å². The second-order valence-electron chi connectivity index (χ2n) is 5.11. The SMILES string of the molecule is O=C(Nc1cc(F)c(=O)n(CCF)c1)c1cc2n(n1)CCNC2=O. The number of nitrogens with one attached hydrogen (secondary N) is 2. The molecule has 0 unspecified atom stereocenters. The van der Waals surface area contributed by atoms with Crippen LogP contribution < -0.4 is 16.2 Å². The first-order valence-corrected chi connectivity index (χ1v) is 7.13. The van der Waals surface area contributed by atoms with Crippen LogP contribution in [0.3, 0.4) is 0 Å². The summed E-state index contributed by atoms with van der Waals surface area (Å²) in [5.41, 5.74) is -0.758. The summed E-state index contributed by atoms with van der Waals surface area (Å²) in [6, 6.07) is 2.16. The zero-order valence-electron chi connectivity index (χ0n) is 12.4. The molecule has 0 fully saturated rings. The van der Waals surface area contributed by atoms with E-state index in [1.807, 2.05) is 0 Å². The molecule has 1 aliphatic rings. The first-order chi connectivity index (χ1) is 11.5. The third-order valence-corrected chi connectivity index (χ3v) is 3.48. The Morgan fingerprint density at radius 1 is 1.38 bits per heavy atom. The van der Waals surface area contributed by atoms with Crippen LogP contribution in [-0.2, 0) is 13.1 Å². The van der Waals surface area contributed by atoms with E-state index in [-0.39, 0.29) is 29.5 Å². The summed E-state index contributed by atoms with van der Waals surface area (Å²) < 4.78 is 28.2. The van der Waals surface area contributed by atoms with Crippen molar-refractivity contribution < 1.29 is 18.4 Å². The van der Waals surface area contributed by atoms with Crippen molar-refractivity contribution in [2.24, 2.45) is 0 Å². The van der Waals surface area contributed by atoms with E-state index in [1.54, 1.807) is 0 Å². The molecule has 0 atom stereocenters. The largest absolute Gasteiger partial charge is 0.349 e. The van der Waals surface area contributed by atoms with Crippen LogP contribution >= 0.6 is 0 Å². The fraction of sp³-hybridized carbons (Fsp3) is 0.286. The standard InChI is InChI=1S/C14H13F2N5O3/c15-1-3-20-7-8(5-9(16)14(20)24)18-12(22)10-6-11-13(23)17-2-4-21(11)19-10/h5-7H,1-4H2,(H,17,23)(H,18,22). The highest BCUT2D eigenvalue weighted by atomic mass is 19.1. The van der Waals surface area contributed by atoms with Crippen LogP contribution in [0.15, 0.2) is 23.1 Å². The first kappa shape index (κ1) is 15.8. The zero-order chi connectivity index (χ0) is 17.3. The quantitative estimate of drug-likeness (QED) is 0.830. The minimum Gasteiger partial charge on any atom is -0.349 e. The lowest BCUT2D eigenvalue weighted by Gasteiger charge is -2.13. The summed E-state index contributed by atoms with van der Waals surface area (Å²) in [5, 5.41) is 9.02. The number of alkyl halides is 1. The third-order valence-electron chi connectivity index (χ3n) is 3.48. The molecule has 2 N–H and O–H groups in total. The monoisotopic (exact) mass is 337 g/mol. The van der Waals surface area contributed by atoms with Crippen molar-refractivity contribution in [3.63, 3.8) is 0 Å². The van der Waals surface area contributed by atoms with E-state index >= 15 is 0 Å². The predicted molar refractivity (Wildman–Crippen MR) is 79.1 cm³/mol. The molecule has 8 nitrogen and oxygen atoms in total. The number of nitrogens with zero attached hydrogens (tertiary/aromatic N) is 3. The molecule has 24 heavy (non-hydrogen) atoms. The van der Waals surface area contributed by atoms with Crippen molar-refractivity contribution in [2.75, 3.05) is 18.5 Å². The number of carbonyl (C=O) groups excluding carboxylic acids is 2. The molecule has 3 rings (SSSR count). The molecule has 3 heterocycles. The fourth-order valence-corrected chi connectivity index (χ4v) is 2.37. The van der Waals surface area contributed by atoms with Gasteiger partial charge >= 0.3 is 0 Å². The number of rotatable bonds is 4. The topological polar surface area (TPSA) is 98.0 Å². The number of halogens is 2. The van der Waals surface area contributed by atoms with Gasteiger partial charge in [0.2, 0.25) is 0 Å². The second kappa shape index (κ2) is 6.22. The lowest BCUT2D eigenvalue weighted by atomic mass is 10.3. The van der Waals surface area contributed by atoms with Gasteiger partial charge in [-0.25, -0.2) is 8.78 Å². The Morgan fingerprint density at radius 3 is 2.88 bits per heavy atom. The summed E-state index contributed by atoms with van der Waals surface area (Å²) >= 11 is 0. The predicted octanol–water partition coefficient (Wildman–Crippen LogP) is 0.149. The van der Waals surface area contributed by atoms with Crippen LogP contribution in [0.1, 0.15) is 21.0 Å². The van der Waals surface area contributed by atoms with Crippen LogP contribution in [0, 0.1) is 5.82 Å². The van der Waals surface area contributed by atoms with Crippen molar-refractivity contribution >= 4 is 17.5 Å². The van der Waals surface area contributed by atoms with Gasteiger partial charge in [-0.3, -0.25) is 19.1 Å². The lowest BCUT2D eigenvalue weighted by molar-refractivity contribution is 0.0923. The zero-order valence-corrected chi connectivity index (χ0v) is 12.4. The van der Waals surface area contributed by atoms with E-state index in [1.165, 1.54) is 10.7 Å². The number of aromatic nitrogens is 3. The Labute approximate surface area is 134 Å². The smallest absolute Gasteiger partial charge is 0.286 e. The number of carbonyl (C=O) groups is 2. The van der Waals surface area contributed by atoms with E-state index in [0.717, 1.165) is 16.8 Å². The maximum absolute atomic E-state index is 13.6. The first-order valence-electron chi connectivity index (χ1n) is 7.13. The van der Waals surface area contributed by atoms with Crippen LogP contribution in [-0.4, -0.2) is 39.4 Å². The fourth-order valence-electron chi connectivity index (χ4n) is 2.37. The molecule has 1 aliphatic heterocycles.